The molecule has 1 heterocycles. The van der Waals surface area contributed by atoms with E-state index in [4.69, 9.17) is 9.47 Å². The van der Waals surface area contributed by atoms with Crippen LogP contribution < -0.4 is 5.32 Å². The van der Waals surface area contributed by atoms with Crippen molar-refractivity contribution in [2.45, 2.75) is 38.5 Å². The molecule has 1 N–H and O–H groups in total. The van der Waals surface area contributed by atoms with Crippen LogP contribution in [0.1, 0.15) is 26.3 Å². The summed E-state index contributed by atoms with van der Waals surface area (Å²) in [5.41, 5.74) is -0.172. The summed E-state index contributed by atoms with van der Waals surface area (Å²) < 4.78 is 10.6. The van der Waals surface area contributed by atoms with E-state index in [1.807, 2.05) is 39.0 Å². The lowest BCUT2D eigenvalue weighted by Crippen LogP contribution is -2.45. The Balaban J connectivity index is 1.81. The second-order valence-corrected chi connectivity index (χ2v) is 5.78. The van der Waals surface area contributed by atoms with Gasteiger partial charge in [0.15, 0.2) is 0 Å². The monoisotopic (exact) mass is 263 g/mol. The summed E-state index contributed by atoms with van der Waals surface area (Å²) in [4.78, 5) is 12.0. The fourth-order valence-corrected chi connectivity index (χ4v) is 1.78. The molecule has 0 amide bonds. The Kier molecular flexibility index (Phi) is 3.92. The highest BCUT2D eigenvalue weighted by molar-refractivity contribution is 5.82. The van der Waals surface area contributed by atoms with E-state index in [0.29, 0.717) is 13.2 Å². The van der Waals surface area contributed by atoms with Gasteiger partial charge in [0.25, 0.3) is 0 Å². The smallest absolute Gasteiger partial charge is 0.356 e. The van der Waals surface area contributed by atoms with E-state index in [1.54, 1.807) is 0 Å². The average Bonchev–Trinajstić information content (AvgIpc) is 3.09. The molecule has 1 fully saturated rings. The summed E-state index contributed by atoms with van der Waals surface area (Å²) in [7, 11) is 0. The normalized spacial score (nSPS) is 22.1. The second kappa shape index (κ2) is 5.31. The largest absolute Gasteiger partial charge is 0.457 e. The predicted molar refractivity (Wildman–Crippen MR) is 72.7 cm³/mol. The zero-order valence-corrected chi connectivity index (χ0v) is 11.7. The molecular formula is C15H21NO3. The molecule has 0 bridgehead atoms. The van der Waals surface area contributed by atoms with Crippen LogP contribution in [0.3, 0.4) is 0 Å². The van der Waals surface area contributed by atoms with Gasteiger partial charge in [-0.15, -0.1) is 0 Å². The van der Waals surface area contributed by atoms with Crippen molar-refractivity contribution in [3.63, 3.8) is 0 Å². The van der Waals surface area contributed by atoms with E-state index in [2.05, 4.69) is 17.4 Å². The van der Waals surface area contributed by atoms with Gasteiger partial charge in [-0.2, -0.15) is 0 Å². The molecule has 1 aromatic carbocycles. The standard InChI is InChI=1S/C15H21NO3/c1-14(2,3)19-13(17)15(11-18-15)16-10-9-12-7-5-4-6-8-12/h4-8,16H,9-11H2,1-3H3/t15-/m1/s1. The maximum absolute atomic E-state index is 12.0. The summed E-state index contributed by atoms with van der Waals surface area (Å²) in [6.07, 6.45) is 0.856. The summed E-state index contributed by atoms with van der Waals surface area (Å²) >= 11 is 0. The fourth-order valence-electron chi connectivity index (χ4n) is 1.78. The Morgan fingerprint density at radius 3 is 2.53 bits per heavy atom. The van der Waals surface area contributed by atoms with Gasteiger partial charge in [-0.3, -0.25) is 5.32 Å². The van der Waals surface area contributed by atoms with Crippen molar-refractivity contribution in [2.24, 2.45) is 0 Å². The van der Waals surface area contributed by atoms with E-state index < -0.39 is 11.3 Å². The highest BCUT2D eigenvalue weighted by Gasteiger charge is 2.54. The molecule has 19 heavy (non-hydrogen) atoms. The minimum absolute atomic E-state index is 0.326. The molecule has 0 saturated carbocycles. The number of esters is 1. The third-order valence-electron chi connectivity index (χ3n) is 2.83. The lowest BCUT2D eigenvalue weighted by Gasteiger charge is -2.22. The number of ether oxygens (including phenoxy) is 2. The van der Waals surface area contributed by atoms with Crippen LogP contribution in [0.5, 0.6) is 0 Å². The first-order chi connectivity index (χ1) is 8.91. The van der Waals surface area contributed by atoms with Crippen molar-refractivity contribution in [1.29, 1.82) is 0 Å². The highest BCUT2D eigenvalue weighted by Crippen LogP contribution is 2.27. The SMILES string of the molecule is CC(C)(C)OC(=O)[C@@]1(NCCc2ccccc2)CO1. The zero-order chi connectivity index (χ0) is 13.9. The Bertz CT molecular complexity index is 432. The average molecular weight is 263 g/mol. The molecule has 0 spiro atoms. The summed E-state index contributed by atoms with van der Waals surface area (Å²) in [5, 5.41) is 3.14. The zero-order valence-electron chi connectivity index (χ0n) is 11.7. The fraction of sp³-hybridized carbons (Fsp3) is 0.533. The van der Waals surface area contributed by atoms with Crippen LogP contribution in [-0.4, -0.2) is 30.4 Å². The van der Waals surface area contributed by atoms with Gasteiger partial charge in [-0.1, -0.05) is 30.3 Å². The number of benzene rings is 1. The Morgan fingerprint density at radius 2 is 2.00 bits per heavy atom. The molecule has 4 nitrogen and oxygen atoms in total. The maximum atomic E-state index is 12.0. The molecule has 1 aromatic rings. The second-order valence-electron chi connectivity index (χ2n) is 5.78. The number of rotatable bonds is 5. The minimum atomic E-state index is -0.915. The van der Waals surface area contributed by atoms with Crippen molar-refractivity contribution < 1.29 is 14.3 Å². The molecule has 0 radical (unpaired) electrons. The Labute approximate surface area is 114 Å². The maximum Gasteiger partial charge on any atom is 0.356 e. The summed E-state index contributed by atoms with van der Waals surface area (Å²) in [6, 6.07) is 10.1. The number of carbonyl (C=O) groups is 1. The van der Waals surface area contributed by atoms with Crippen molar-refractivity contribution in [3.8, 4) is 0 Å². The molecule has 4 heteroatoms. The Morgan fingerprint density at radius 1 is 1.37 bits per heavy atom. The molecular weight excluding hydrogens is 242 g/mol. The van der Waals surface area contributed by atoms with Crippen LogP contribution in [0.2, 0.25) is 0 Å². The van der Waals surface area contributed by atoms with Gasteiger partial charge in [-0.25, -0.2) is 4.79 Å². The van der Waals surface area contributed by atoms with Crippen molar-refractivity contribution in [1.82, 2.24) is 5.32 Å². The quantitative estimate of drug-likeness (QED) is 0.651. The van der Waals surface area contributed by atoms with Gasteiger partial charge in [0.2, 0.25) is 5.72 Å². The Hall–Kier alpha value is -1.39. The van der Waals surface area contributed by atoms with Gasteiger partial charge in [0, 0.05) is 6.54 Å². The van der Waals surface area contributed by atoms with Crippen molar-refractivity contribution >= 4 is 5.97 Å². The number of nitrogens with one attached hydrogen (secondary N) is 1. The van der Waals surface area contributed by atoms with Crippen molar-refractivity contribution in [3.05, 3.63) is 35.9 Å². The summed E-state index contributed by atoms with van der Waals surface area (Å²) in [5.74, 6) is -0.326. The predicted octanol–water partition coefficient (Wildman–Crippen LogP) is 1.89. The molecule has 0 aromatic heterocycles. The molecule has 1 aliphatic rings. The van der Waals surface area contributed by atoms with Gasteiger partial charge in [-0.05, 0) is 32.8 Å². The topological polar surface area (TPSA) is 50.9 Å². The van der Waals surface area contributed by atoms with E-state index in [0.717, 1.165) is 6.42 Å². The molecule has 0 unspecified atom stereocenters. The summed E-state index contributed by atoms with van der Waals surface area (Å²) in [6.45, 7) is 6.63. The van der Waals surface area contributed by atoms with E-state index in [-0.39, 0.29) is 5.97 Å². The lowest BCUT2D eigenvalue weighted by atomic mass is 10.1. The molecule has 1 atom stereocenters. The lowest BCUT2D eigenvalue weighted by molar-refractivity contribution is -0.162. The van der Waals surface area contributed by atoms with Crippen LogP contribution in [0.25, 0.3) is 0 Å². The van der Waals surface area contributed by atoms with Crippen molar-refractivity contribution in [2.75, 3.05) is 13.2 Å². The number of hydrogen-bond acceptors (Lipinski definition) is 4. The van der Waals surface area contributed by atoms with Gasteiger partial charge in [0.05, 0.1) is 0 Å². The third kappa shape index (κ3) is 4.04. The van der Waals surface area contributed by atoms with Crippen LogP contribution in [0.4, 0.5) is 0 Å². The first-order valence-corrected chi connectivity index (χ1v) is 6.58. The van der Waals surface area contributed by atoms with Gasteiger partial charge in [0.1, 0.15) is 12.2 Å². The van der Waals surface area contributed by atoms with E-state index in [1.165, 1.54) is 5.56 Å². The van der Waals surface area contributed by atoms with Gasteiger partial charge < -0.3 is 9.47 Å². The van der Waals surface area contributed by atoms with Crippen LogP contribution >= 0.6 is 0 Å². The molecule has 2 rings (SSSR count). The van der Waals surface area contributed by atoms with E-state index >= 15 is 0 Å². The number of hydrogen-bond donors (Lipinski definition) is 1. The number of carbonyl (C=O) groups excluding carboxylic acids is 1. The van der Waals surface area contributed by atoms with E-state index in [9.17, 15) is 4.79 Å². The molecule has 1 saturated heterocycles. The third-order valence-corrected chi connectivity index (χ3v) is 2.83. The van der Waals surface area contributed by atoms with Crippen LogP contribution in [0.15, 0.2) is 30.3 Å². The molecule has 0 aliphatic carbocycles. The first kappa shape index (κ1) is 14.0. The number of epoxide rings is 1. The highest BCUT2D eigenvalue weighted by atomic mass is 16.7. The molecule has 104 valence electrons. The first-order valence-electron chi connectivity index (χ1n) is 6.58. The molecule has 1 aliphatic heterocycles. The van der Waals surface area contributed by atoms with Crippen LogP contribution in [-0.2, 0) is 20.7 Å². The van der Waals surface area contributed by atoms with Gasteiger partial charge >= 0.3 is 5.97 Å². The van der Waals surface area contributed by atoms with Crippen LogP contribution in [0, 0.1) is 0 Å². The minimum Gasteiger partial charge on any atom is -0.457 e.